The van der Waals surface area contributed by atoms with Crippen LogP contribution < -0.4 is 10.5 Å². The molecule has 1 heterocycles. The quantitative estimate of drug-likeness (QED) is 0.276. The predicted octanol–water partition coefficient (Wildman–Crippen LogP) is 1.40. The predicted molar refractivity (Wildman–Crippen MR) is 76.9 cm³/mol. The van der Waals surface area contributed by atoms with Crippen LogP contribution in [0, 0.1) is 17.0 Å². The normalized spacial score (nSPS) is 11.1. The summed E-state index contributed by atoms with van der Waals surface area (Å²) in [5, 5.41) is 17.4. The lowest BCUT2D eigenvalue weighted by molar-refractivity contribution is -0.384. The number of non-ortho nitro benzene ring substituents is 1. The molecule has 1 aromatic carbocycles. The molecule has 0 amide bonds. The lowest BCUT2D eigenvalue weighted by Crippen LogP contribution is -2.22. The van der Waals surface area contributed by atoms with Crippen LogP contribution in [-0.4, -0.2) is 28.5 Å². The number of nitrogens with zero attached hydrogens (tertiary/aromatic N) is 3. The highest BCUT2D eigenvalue weighted by Crippen LogP contribution is 2.17. The molecule has 2 aromatic rings. The van der Waals surface area contributed by atoms with Gasteiger partial charge >= 0.3 is 5.97 Å². The zero-order chi connectivity index (χ0) is 16.8. The van der Waals surface area contributed by atoms with Gasteiger partial charge in [-0.05, 0) is 19.1 Å². The van der Waals surface area contributed by atoms with Gasteiger partial charge in [-0.25, -0.2) is 4.79 Å². The van der Waals surface area contributed by atoms with Gasteiger partial charge in [0.25, 0.3) is 5.69 Å². The fourth-order valence-electron chi connectivity index (χ4n) is 1.46. The first kappa shape index (κ1) is 15.9. The van der Waals surface area contributed by atoms with Crippen LogP contribution in [0.1, 0.15) is 16.2 Å². The van der Waals surface area contributed by atoms with E-state index in [4.69, 9.17) is 15.0 Å². The molecule has 2 rings (SSSR count). The summed E-state index contributed by atoms with van der Waals surface area (Å²) in [5.41, 5.74) is 5.44. The number of benzene rings is 1. The van der Waals surface area contributed by atoms with E-state index in [1.165, 1.54) is 30.3 Å². The first-order valence-electron chi connectivity index (χ1n) is 6.30. The molecule has 0 atom stereocenters. The van der Waals surface area contributed by atoms with Crippen LogP contribution in [0.15, 0.2) is 40.0 Å². The number of aryl methyl sites for hydroxylation is 1. The van der Waals surface area contributed by atoms with Crippen molar-refractivity contribution in [3.63, 3.8) is 0 Å². The highest BCUT2D eigenvalue weighted by atomic mass is 16.7. The van der Waals surface area contributed by atoms with Gasteiger partial charge in [0.2, 0.25) is 0 Å². The standard InChI is InChI=1S/C13H12N4O6/c1-8-6-11(15-22-8)13(18)23-16-12(14)7-21-10-4-2-9(3-5-10)17(19)20/h2-6H,7H2,1H3,(H2,14,16). The van der Waals surface area contributed by atoms with Crippen LogP contribution in [0.25, 0.3) is 0 Å². The van der Waals surface area contributed by atoms with E-state index < -0.39 is 10.9 Å². The number of carbonyl (C=O) groups excluding carboxylic acids is 1. The molecule has 0 aliphatic carbocycles. The number of oxime groups is 1. The smallest absolute Gasteiger partial charge is 0.387 e. The molecular weight excluding hydrogens is 308 g/mol. The summed E-state index contributed by atoms with van der Waals surface area (Å²) in [6.07, 6.45) is 0. The van der Waals surface area contributed by atoms with Gasteiger partial charge in [0, 0.05) is 18.2 Å². The third-order valence-corrected chi connectivity index (χ3v) is 2.52. The minimum Gasteiger partial charge on any atom is -0.486 e. The van der Waals surface area contributed by atoms with Gasteiger partial charge in [0.15, 0.2) is 11.5 Å². The molecule has 0 aliphatic heterocycles. The summed E-state index contributed by atoms with van der Waals surface area (Å²) in [4.78, 5) is 26.1. The van der Waals surface area contributed by atoms with Crippen molar-refractivity contribution in [3.05, 3.63) is 51.9 Å². The monoisotopic (exact) mass is 320 g/mol. The number of amidine groups is 1. The van der Waals surface area contributed by atoms with Crippen LogP contribution in [-0.2, 0) is 4.84 Å². The maximum atomic E-state index is 11.5. The Bertz CT molecular complexity index is 737. The Morgan fingerprint density at radius 2 is 2.13 bits per heavy atom. The minimum atomic E-state index is -0.819. The minimum absolute atomic E-state index is 0.0321. The number of hydrogen-bond acceptors (Lipinski definition) is 8. The summed E-state index contributed by atoms with van der Waals surface area (Å²) in [5.74, 6) is -0.111. The van der Waals surface area contributed by atoms with E-state index in [9.17, 15) is 14.9 Å². The second-order valence-electron chi connectivity index (χ2n) is 4.32. The Labute approximate surface area is 129 Å². The number of nitro groups is 1. The van der Waals surface area contributed by atoms with Gasteiger partial charge < -0.3 is 19.8 Å². The van der Waals surface area contributed by atoms with Crippen molar-refractivity contribution in [2.45, 2.75) is 6.92 Å². The molecule has 0 saturated heterocycles. The largest absolute Gasteiger partial charge is 0.486 e. The molecule has 1 aromatic heterocycles. The number of hydrogen-bond donors (Lipinski definition) is 1. The van der Waals surface area contributed by atoms with Gasteiger partial charge in [0.1, 0.15) is 18.1 Å². The number of nitrogens with two attached hydrogens (primary N) is 1. The van der Waals surface area contributed by atoms with Gasteiger partial charge in [0.05, 0.1) is 4.92 Å². The molecule has 10 nitrogen and oxygen atoms in total. The number of aromatic nitrogens is 1. The summed E-state index contributed by atoms with van der Waals surface area (Å²) in [6, 6.07) is 6.79. The van der Waals surface area contributed by atoms with Crippen molar-refractivity contribution < 1.29 is 23.8 Å². The van der Waals surface area contributed by atoms with Crippen LogP contribution in [0.3, 0.4) is 0 Å². The Balaban J connectivity index is 1.85. The van der Waals surface area contributed by atoms with Gasteiger partial charge in [-0.3, -0.25) is 10.1 Å². The molecule has 0 spiro atoms. The van der Waals surface area contributed by atoms with E-state index in [0.717, 1.165) is 0 Å². The maximum Gasteiger partial charge on any atom is 0.387 e. The van der Waals surface area contributed by atoms with Crippen molar-refractivity contribution in [3.8, 4) is 5.75 Å². The van der Waals surface area contributed by atoms with E-state index in [2.05, 4.69) is 15.1 Å². The molecule has 23 heavy (non-hydrogen) atoms. The van der Waals surface area contributed by atoms with E-state index in [1.807, 2.05) is 0 Å². The summed E-state index contributed by atoms with van der Waals surface area (Å²) in [7, 11) is 0. The fourth-order valence-corrected chi connectivity index (χ4v) is 1.46. The lowest BCUT2D eigenvalue weighted by atomic mass is 10.3. The van der Waals surface area contributed by atoms with E-state index in [1.54, 1.807) is 6.92 Å². The number of ether oxygens (including phenoxy) is 1. The van der Waals surface area contributed by atoms with Crippen molar-refractivity contribution in [2.24, 2.45) is 10.9 Å². The number of carbonyl (C=O) groups is 1. The van der Waals surface area contributed by atoms with Crippen molar-refractivity contribution in [2.75, 3.05) is 6.61 Å². The third-order valence-electron chi connectivity index (χ3n) is 2.52. The summed E-state index contributed by atoms with van der Waals surface area (Å²) in [6.45, 7) is 1.46. The van der Waals surface area contributed by atoms with Crippen LogP contribution in [0.5, 0.6) is 5.75 Å². The Morgan fingerprint density at radius 3 is 2.70 bits per heavy atom. The molecule has 0 bridgehead atoms. The highest BCUT2D eigenvalue weighted by molar-refractivity contribution is 5.88. The molecule has 0 fully saturated rings. The maximum absolute atomic E-state index is 11.5. The van der Waals surface area contributed by atoms with E-state index in [0.29, 0.717) is 11.5 Å². The van der Waals surface area contributed by atoms with Gasteiger partial charge in [-0.15, -0.1) is 0 Å². The highest BCUT2D eigenvalue weighted by Gasteiger charge is 2.13. The average Bonchev–Trinajstić information content (AvgIpc) is 2.97. The topological polar surface area (TPSA) is 143 Å². The fraction of sp³-hybridized carbons (Fsp3) is 0.154. The van der Waals surface area contributed by atoms with Crippen LogP contribution >= 0.6 is 0 Å². The zero-order valence-electron chi connectivity index (χ0n) is 12.0. The van der Waals surface area contributed by atoms with Crippen molar-refractivity contribution in [1.29, 1.82) is 0 Å². The molecule has 0 saturated carbocycles. The lowest BCUT2D eigenvalue weighted by Gasteiger charge is -2.04. The summed E-state index contributed by atoms with van der Waals surface area (Å²) < 4.78 is 9.96. The SMILES string of the molecule is Cc1cc(C(=O)ON=C(N)COc2ccc([N+](=O)[O-])cc2)no1. The van der Waals surface area contributed by atoms with Crippen LogP contribution in [0.4, 0.5) is 5.69 Å². The first-order chi connectivity index (χ1) is 11.0. The Hall–Kier alpha value is -3.43. The number of rotatable bonds is 6. The summed E-state index contributed by atoms with van der Waals surface area (Å²) >= 11 is 0. The molecule has 120 valence electrons. The van der Waals surface area contributed by atoms with E-state index in [-0.39, 0.29) is 23.8 Å². The second kappa shape index (κ2) is 7.02. The Kier molecular flexibility index (Phi) is 4.87. The molecule has 2 N–H and O–H groups in total. The van der Waals surface area contributed by atoms with Crippen LogP contribution in [0.2, 0.25) is 0 Å². The first-order valence-corrected chi connectivity index (χ1v) is 6.30. The second-order valence-corrected chi connectivity index (χ2v) is 4.32. The van der Waals surface area contributed by atoms with E-state index >= 15 is 0 Å². The van der Waals surface area contributed by atoms with Crippen molar-refractivity contribution in [1.82, 2.24) is 5.16 Å². The molecule has 0 unspecified atom stereocenters. The average molecular weight is 320 g/mol. The molecular formula is C13H12N4O6. The molecule has 0 radical (unpaired) electrons. The Morgan fingerprint density at radius 1 is 1.43 bits per heavy atom. The zero-order valence-corrected chi connectivity index (χ0v) is 12.0. The van der Waals surface area contributed by atoms with Gasteiger partial charge in [-0.1, -0.05) is 10.3 Å². The van der Waals surface area contributed by atoms with Crippen molar-refractivity contribution >= 4 is 17.5 Å². The molecule has 0 aliphatic rings. The van der Waals surface area contributed by atoms with Gasteiger partial charge in [-0.2, -0.15) is 0 Å². The number of nitro benzene ring substituents is 1. The third kappa shape index (κ3) is 4.52. The molecule has 10 heteroatoms.